The van der Waals surface area contributed by atoms with E-state index in [0.29, 0.717) is 13.0 Å². The molecule has 0 bridgehead atoms. The third-order valence-corrected chi connectivity index (χ3v) is 5.27. The molecular weight excluding hydrogens is 376 g/mol. The molecule has 4 aromatic rings. The van der Waals surface area contributed by atoms with E-state index in [1.54, 1.807) is 6.20 Å². The van der Waals surface area contributed by atoms with E-state index in [1.807, 2.05) is 57.4 Å². The molecule has 4 rings (SSSR count). The Balaban J connectivity index is 1.50. The molecule has 0 aliphatic carbocycles. The van der Waals surface area contributed by atoms with E-state index < -0.39 is 0 Å². The largest absolute Gasteiger partial charge is 0.352 e. The zero-order chi connectivity index (χ0) is 21.1. The molecule has 0 saturated carbocycles. The Morgan fingerprint density at radius 2 is 1.93 bits per heavy atom. The lowest BCUT2D eigenvalue weighted by Crippen LogP contribution is -2.25. The summed E-state index contributed by atoms with van der Waals surface area (Å²) >= 11 is 0. The molecule has 0 atom stereocenters. The quantitative estimate of drug-likeness (QED) is 0.460. The maximum atomic E-state index is 12.4. The molecule has 3 aromatic heterocycles. The molecule has 0 unspecified atom stereocenters. The minimum absolute atomic E-state index is 0.0253. The van der Waals surface area contributed by atoms with Gasteiger partial charge in [-0.2, -0.15) is 10.2 Å². The number of carbonyl (C=O) groups is 1. The third-order valence-electron chi connectivity index (χ3n) is 5.27. The molecular formula is C23H24N6O. The van der Waals surface area contributed by atoms with E-state index in [2.05, 4.69) is 36.8 Å². The number of aromatic nitrogens is 5. The van der Waals surface area contributed by atoms with Gasteiger partial charge in [0.15, 0.2) is 0 Å². The highest BCUT2D eigenvalue weighted by Crippen LogP contribution is 2.32. The summed E-state index contributed by atoms with van der Waals surface area (Å²) in [6.45, 7) is 6.33. The first-order valence-electron chi connectivity index (χ1n) is 9.83. The van der Waals surface area contributed by atoms with Gasteiger partial charge in [-0.3, -0.25) is 20.0 Å². The van der Waals surface area contributed by atoms with Crippen molar-refractivity contribution in [3.8, 4) is 22.4 Å². The zero-order valence-electron chi connectivity index (χ0n) is 17.3. The summed E-state index contributed by atoms with van der Waals surface area (Å²) in [5, 5.41) is 17.4. The van der Waals surface area contributed by atoms with Crippen LogP contribution in [0.15, 0.2) is 48.9 Å². The number of pyridine rings is 1. The highest BCUT2D eigenvalue weighted by Gasteiger charge is 2.14. The molecule has 0 fully saturated rings. The monoisotopic (exact) mass is 400 g/mol. The molecule has 7 heteroatoms. The fourth-order valence-electron chi connectivity index (χ4n) is 3.58. The molecule has 3 N–H and O–H groups in total. The number of aromatic amines is 2. The van der Waals surface area contributed by atoms with E-state index in [4.69, 9.17) is 0 Å². The number of aryl methyl sites for hydroxylation is 3. The van der Waals surface area contributed by atoms with Crippen LogP contribution in [0, 0.1) is 20.8 Å². The number of hydrogen-bond donors (Lipinski definition) is 3. The number of nitrogens with one attached hydrogen (secondary N) is 3. The van der Waals surface area contributed by atoms with Crippen molar-refractivity contribution in [1.82, 2.24) is 30.7 Å². The van der Waals surface area contributed by atoms with Gasteiger partial charge in [-0.1, -0.05) is 18.2 Å². The topological polar surface area (TPSA) is 99.3 Å². The molecule has 0 aliphatic heterocycles. The second-order valence-electron chi connectivity index (χ2n) is 7.42. The molecule has 0 radical (unpaired) electrons. The maximum Gasteiger partial charge on any atom is 0.224 e. The average molecular weight is 400 g/mol. The number of hydrogen-bond acceptors (Lipinski definition) is 4. The number of nitrogens with zero attached hydrogens (tertiary/aromatic N) is 3. The van der Waals surface area contributed by atoms with E-state index in [9.17, 15) is 4.79 Å². The first-order chi connectivity index (χ1) is 14.5. The fraction of sp³-hybridized carbons (Fsp3) is 0.217. The van der Waals surface area contributed by atoms with Crippen LogP contribution < -0.4 is 5.32 Å². The Bertz CT molecular complexity index is 1170. The van der Waals surface area contributed by atoms with Gasteiger partial charge in [0.1, 0.15) is 0 Å². The van der Waals surface area contributed by atoms with Gasteiger partial charge in [0.05, 0.1) is 24.0 Å². The van der Waals surface area contributed by atoms with Crippen LogP contribution in [0.25, 0.3) is 22.4 Å². The molecule has 0 aliphatic rings. The van der Waals surface area contributed by atoms with Crippen molar-refractivity contribution >= 4 is 5.91 Å². The van der Waals surface area contributed by atoms with Crippen LogP contribution in [0.3, 0.4) is 0 Å². The third kappa shape index (κ3) is 4.00. The van der Waals surface area contributed by atoms with Crippen molar-refractivity contribution < 1.29 is 4.79 Å². The van der Waals surface area contributed by atoms with Crippen molar-refractivity contribution in [2.45, 2.75) is 33.7 Å². The van der Waals surface area contributed by atoms with Gasteiger partial charge in [-0.05, 0) is 49.6 Å². The molecule has 0 spiro atoms. The van der Waals surface area contributed by atoms with Crippen molar-refractivity contribution in [1.29, 1.82) is 0 Å². The van der Waals surface area contributed by atoms with Crippen LogP contribution in [0.4, 0.5) is 0 Å². The van der Waals surface area contributed by atoms with Gasteiger partial charge in [-0.15, -0.1) is 0 Å². The normalized spacial score (nSPS) is 10.9. The fourth-order valence-corrected chi connectivity index (χ4v) is 3.58. The summed E-state index contributed by atoms with van der Waals surface area (Å²) in [4.78, 5) is 16.6. The predicted molar refractivity (Wildman–Crippen MR) is 116 cm³/mol. The van der Waals surface area contributed by atoms with Crippen LogP contribution in [-0.2, 0) is 17.8 Å². The second-order valence-corrected chi connectivity index (χ2v) is 7.42. The molecule has 1 amide bonds. The summed E-state index contributed by atoms with van der Waals surface area (Å²) in [6, 6.07) is 10.1. The van der Waals surface area contributed by atoms with E-state index in [-0.39, 0.29) is 5.91 Å². The summed E-state index contributed by atoms with van der Waals surface area (Å²) in [5.41, 5.74) is 8.96. The SMILES string of the molecule is Cc1cnccc1-c1cn[nH]c1-c1cccc(CNC(=O)Cc2c(C)n[nH]c2C)c1. The lowest BCUT2D eigenvalue weighted by atomic mass is 9.98. The zero-order valence-corrected chi connectivity index (χ0v) is 17.3. The lowest BCUT2D eigenvalue weighted by Gasteiger charge is -2.09. The highest BCUT2D eigenvalue weighted by atomic mass is 16.1. The molecule has 30 heavy (non-hydrogen) atoms. The molecule has 152 valence electrons. The van der Waals surface area contributed by atoms with Crippen LogP contribution >= 0.6 is 0 Å². The van der Waals surface area contributed by atoms with Gasteiger partial charge >= 0.3 is 0 Å². The van der Waals surface area contributed by atoms with Gasteiger partial charge in [0.25, 0.3) is 0 Å². The van der Waals surface area contributed by atoms with Crippen LogP contribution in [0.1, 0.15) is 28.1 Å². The first kappa shape index (κ1) is 19.6. The Morgan fingerprint density at radius 3 is 2.70 bits per heavy atom. The molecule has 7 nitrogen and oxygen atoms in total. The van der Waals surface area contributed by atoms with Gasteiger partial charge < -0.3 is 5.32 Å². The summed E-state index contributed by atoms with van der Waals surface area (Å²) in [5.74, 6) is -0.0253. The lowest BCUT2D eigenvalue weighted by molar-refractivity contribution is -0.120. The number of rotatable bonds is 6. The minimum Gasteiger partial charge on any atom is -0.352 e. The van der Waals surface area contributed by atoms with E-state index in [1.165, 1.54) is 0 Å². The van der Waals surface area contributed by atoms with Crippen LogP contribution in [-0.4, -0.2) is 31.3 Å². The Morgan fingerprint density at radius 1 is 1.07 bits per heavy atom. The number of H-pyrrole nitrogens is 2. The molecule has 1 aromatic carbocycles. The minimum atomic E-state index is -0.0253. The Labute approximate surface area is 175 Å². The molecule has 3 heterocycles. The Kier molecular flexibility index (Phi) is 5.43. The first-order valence-corrected chi connectivity index (χ1v) is 9.83. The van der Waals surface area contributed by atoms with Gasteiger partial charge in [0, 0.05) is 41.3 Å². The summed E-state index contributed by atoms with van der Waals surface area (Å²) < 4.78 is 0. The highest BCUT2D eigenvalue weighted by molar-refractivity contribution is 5.82. The maximum absolute atomic E-state index is 12.4. The van der Waals surface area contributed by atoms with Crippen molar-refractivity contribution in [3.63, 3.8) is 0 Å². The number of benzene rings is 1. The van der Waals surface area contributed by atoms with Crippen LogP contribution in [0.2, 0.25) is 0 Å². The second kappa shape index (κ2) is 8.32. The Hall–Kier alpha value is -3.74. The smallest absolute Gasteiger partial charge is 0.224 e. The number of amides is 1. The van der Waals surface area contributed by atoms with Crippen molar-refractivity contribution in [2.75, 3.05) is 0 Å². The van der Waals surface area contributed by atoms with Gasteiger partial charge in [-0.25, -0.2) is 0 Å². The number of carbonyl (C=O) groups excluding carboxylic acids is 1. The standard InChI is InChI=1S/C23H24N6O/c1-14-11-24-8-7-19(14)21-13-26-29-23(21)18-6-4-5-17(9-18)12-25-22(30)10-20-15(2)27-28-16(20)3/h4-9,11,13H,10,12H2,1-3H3,(H,25,30)(H,26,29)(H,27,28). The average Bonchev–Trinajstić information content (AvgIpc) is 3.35. The van der Waals surface area contributed by atoms with Crippen LogP contribution in [0.5, 0.6) is 0 Å². The summed E-state index contributed by atoms with van der Waals surface area (Å²) in [6.07, 6.45) is 5.79. The van der Waals surface area contributed by atoms with Crippen molar-refractivity contribution in [3.05, 3.63) is 77.0 Å². The van der Waals surface area contributed by atoms with E-state index in [0.717, 1.165) is 50.5 Å². The van der Waals surface area contributed by atoms with E-state index >= 15 is 0 Å². The predicted octanol–water partition coefficient (Wildman–Crippen LogP) is 3.65. The van der Waals surface area contributed by atoms with Gasteiger partial charge in [0.2, 0.25) is 5.91 Å². The van der Waals surface area contributed by atoms with Crippen molar-refractivity contribution in [2.24, 2.45) is 0 Å². The molecule has 0 saturated heterocycles. The summed E-state index contributed by atoms with van der Waals surface area (Å²) in [7, 11) is 0.